The van der Waals surface area contributed by atoms with Crippen molar-refractivity contribution in [1.29, 1.82) is 0 Å². The Morgan fingerprint density at radius 1 is 1.04 bits per heavy atom. The van der Waals surface area contributed by atoms with Gasteiger partial charge in [0.25, 0.3) is 0 Å². The van der Waals surface area contributed by atoms with Crippen molar-refractivity contribution in [2.24, 2.45) is 5.16 Å². The highest BCUT2D eigenvalue weighted by atomic mass is 35.5. The Bertz CT molecular complexity index is 970. The Hall–Kier alpha value is -2.85. The molecule has 0 bridgehead atoms. The third kappa shape index (κ3) is 3.67. The molecule has 5 heteroatoms. The normalized spacial score (nSPS) is 13.6. The summed E-state index contributed by atoms with van der Waals surface area (Å²) in [7, 11) is 0. The van der Waals surface area contributed by atoms with Crippen LogP contribution in [-0.4, -0.2) is 21.5 Å². The van der Waals surface area contributed by atoms with Gasteiger partial charge in [0.15, 0.2) is 0 Å². The Labute approximate surface area is 163 Å². The number of oxime groups is 1. The Kier molecular flexibility index (Phi) is 5.47. The number of pyridine rings is 1. The maximum atomic E-state index is 9.78. The van der Waals surface area contributed by atoms with Gasteiger partial charge in [-0.1, -0.05) is 29.8 Å². The van der Waals surface area contributed by atoms with E-state index in [0.717, 1.165) is 27.9 Å². The summed E-state index contributed by atoms with van der Waals surface area (Å²) < 4.78 is 0. The van der Waals surface area contributed by atoms with Gasteiger partial charge in [-0.15, -0.1) is 5.16 Å². The smallest absolute Gasteiger partial charge is 0.115 e. The molecule has 1 aromatic heterocycles. The van der Waals surface area contributed by atoms with Gasteiger partial charge in [0, 0.05) is 29.5 Å². The van der Waals surface area contributed by atoms with Crippen LogP contribution in [0.1, 0.15) is 34.4 Å². The molecule has 0 aliphatic heterocycles. The van der Waals surface area contributed by atoms with E-state index in [1.54, 1.807) is 18.3 Å². The zero-order valence-electron chi connectivity index (χ0n) is 15.2. The molecule has 0 unspecified atom stereocenters. The molecule has 4 nitrogen and oxygen atoms in total. The van der Waals surface area contributed by atoms with Gasteiger partial charge in [0.1, 0.15) is 5.75 Å². The molecule has 0 amide bonds. The topological polar surface area (TPSA) is 65.7 Å². The molecular formula is C22H21ClN2O2. The van der Waals surface area contributed by atoms with Gasteiger partial charge in [-0.3, -0.25) is 4.98 Å². The fourth-order valence-electron chi connectivity index (χ4n) is 3.66. The lowest BCUT2D eigenvalue weighted by Gasteiger charge is -2.36. The SMILES string of the molecule is Cc1cc([C@](C/C=N/O)(c2ccc(O)cc2)c2ccc(Cl)cc2C)ccn1. The molecule has 1 atom stereocenters. The number of hydrogen-bond donors (Lipinski definition) is 2. The van der Waals surface area contributed by atoms with E-state index in [4.69, 9.17) is 11.6 Å². The van der Waals surface area contributed by atoms with Crippen molar-refractivity contribution in [1.82, 2.24) is 4.98 Å². The lowest BCUT2D eigenvalue weighted by atomic mass is 9.66. The predicted octanol–water partition coefficient (Wildman–Crippen LogP) is 5.24. The Morgan fingerprint density at radius 2 is 1.78 bits per heavy atom. The number of aromatic hydroxyl groups is 1. The van der Waals surface area contributed by atoms with Crippen LogP contribution >= 0.6 is 11.6 Å². The van der Waals surface area contributed by atoms with E-state index in [1.807, 2.05) is 56.3 Å². The molecule has 0 aliphatic carbocycles. The second-order valence-electron chi connectivity index (χ2n) is 6.60. The van der Waals surface area contributed by atoms with Crippen LogP contribution in [0.25, 0.3) is 0 Å². The summed E-state index contributed by atoms with van der Waals surface area (Å²) in [5.41, 5.74) is 4.33. The standard InChI is InChI=1S/C22H21ClN2O2/c1-15-13-19(23)5-8-21(15)22(10-12-25-27,17-3-6-20(26)7-4-17)18-9-11-24-16(2)14-18/h3-9,11-14,26-27H,10H2,1-2H3/b25-12+/t22-/m0/s1. The minimum Gasteiger partial charge on any atom is -0.508 e. The molecule has 0 saturated carbocycles. The summed E-state index contributed by atoms with van der Waals surface area (Å²) in [5.74, 6) is 0.196. The summed E-state index contributed by atoms with van der Waals surface area (Å²) in [6, 6.07) is 16.9. The second kappa shape index (κ2) is 7.80. The van der Waals surface area contributed by atoms with E-state index in [2.05, 4.69) is 10.1 Å². The van der Waals surface area contributed by atoms with Crippen LogP contribution in [0, 0.1) is 13.8 Å². The van der Waals surface area contributed by atoms with Gasteiger partial charge in [-0.2, -0.15) is 0 Å². The molecule has 3 rings (SSSR count). The summed E-state index contributed by atoms with van der Waals surface area (Å²) in [4.78, 5) is 4.33. The summed E-state index contributed by atoms with van der Waals surface area (Å²) in [6.07, 6.45) is 3.71. The highest BCUT2D eigenvalue weighted by Gasteiger charge is 2.37. The van der Waals surface area contributed by atoms with Gasteiger partial charge in [-0.05, 0) is 72.5 Å². The number of hydrogen-bond acceptors (Lipinski definition) is 4. The number of phenolic OH excluding ortho intramolecular Hbond substituents is 1. The number of aryl methyl sites for hydroxylation is 2. The van der Waals surface area contributed by atoms with Gasteiger partial charge in [0.2, 0.25) is 0 Å². The van der Waals surface area contributed by atoms with Gasteiger partial charge in [0.05, 0.1) is 5.41 Å². The van der Waals surface area contributed by atoms with E-state index < -0.39 is 5.41 Å². The van der Waals surface area contributed by atoms with Crippen LogP contribution < -0.4 is 0 Å². The molecule has 2 aromatic carbocycles. The van der Waals surface area contributed by atoms with Crippen LogP contribution in [0.15, 0.2) is 65.9 Å². The summed E-state index contributed by atoms with van der Waals surface area (Å²) >= 11 is 6.20. The summed E-state index contributed by atoms with van der Waals surface area (Å²) in [5, 5.41) is 22.9. The third-order valence-electron chi connectivity index (χ3n) is 4.88. The third-order valence-corrected chi connectivity index (χ3v) is 5.11. The zero-order valence-corrected chi connectivity index (χ0v) is 16.0. The van der Waals surface area contributed by atoms with Crippen LogP contribution in [0.5, 0.6) is 5.75 Å². The quantitative estimate of drug-likeness (QED) is 0.361. The molecule has 0 fully saturated rings. The second-order valence-corrected chi connectivity index (χ2v) is 7.04. The van der Waals surface area contributed by atoms with E-state index >= 15 is 0 Å². The Balaban J connectivity index is 2.39. The minimum atomic E-state index is -0.623. The fraction of sp³-hybridized carbons (Fsp3) is 0.182. The number of phenols is 1. The van der Waals surface area contributed by atoms with E-state index in [1.165, 1.54) is 6.21 Å². The van der Waals surface area contributed by atoms with Crippen molar-refractivity contribution in [2.75, 3.05) is 0 Å². The zero-order chi connectivity index (χ0) is 19.4. The van der Waals surface area contributed by atoms with Crippen molar-refractivity contribution < 1.29 is 10.3 Å². The van der Waals surface area contributed by atoms with Crippen molar-refractivity contribution in [3.8, 4) is 5.75 Å². The molecule has 3 aromatic rings. The summed E-state index contributed by atoms with van der Waals surface area (Å²) in [6.45, 7) is 3.96. The lowest BCUT2D eigenvalue weighted by molar-refractivity contribution is 0.319. The highest BCUT2D eigenvalue weighted by Crippen LogP contribution is 2.44. The predicted molar refractivity (Wildman–Crippen MR) is 108 cm³/mol. The van der Waals surface area contributed by atoms with Gasteiger partial charge < -0.3 is 10.3 Å². The first kappa shape index (κ1) is 18.9. The van der Waals surface area contributed by atoms with Gasteiger partial charge >= 0.3 is 0 Å². The molecule has 0 saturated heterocycles. The Morgan fingerprint density at radius 3 is 2.41 bits per heavy atom. The highest BCUT2D eigenvalue weighted by molar-refractivity contribution is 6.30. The lowest BCUT2D eigenvalue weighted by Crippen LogP contribution is -2.31. The average Bonchev–Trinajstić information content (AvgIpc) is 2.64. The number of aromatic nitrogens is 1. The fourth-order valence-corrected chi connectivity index (χ4v) is 3.89. The maximum Gasteiger partial charge on any atom is 0.115 e. The molecule has 27 heavy (non-hydrogen) atoms. The van der Waals surface area contributed by atoms with Crippen LogP contribution in [0.2, 0.25) is 5.02 Å². The first-order chi connectivity index (χ1) is 13.0. The number of halogens is 1. The molecule has 2 N–H and O–H groups in total. The monoisotopic (exact) mass is 380 g/mol. The molecule has 138 valence electrons. The van der Waals surface area contributed by atoms with E-state index in [0.29, 0.717) is 11.4 Å². The average molecular weight is 381 g/mol. The maximum absolute atomic E-state index is 9.78. The number of benzene rings is 2. The first-order valence-electron chi connectivity index (χ1n) is 8.62. The van der Waals surface area contributed by atoms with Crippen molar-refractivity contribution in [2.45, 2.75) is 25.7 Å². The molecular weight excluding hydrogens is 360 g/mol. The number of rotatable bonds is 5. The first-order valence-corrected chi connectivity index (χ1v) is 9.00. The van der Waals surface area contributed by atoms with Crippen molar-refractivity contribution in [3.05, 3.63) is 93.8 Å². The van der Waals surface area contributed by atoms with E-state index in [9.17, 15) is 10.3 Å². The van der Waals surface area contributed by atoms with E-state index in [-0.39, 0.29) is 5.75 Å². The van der Waals surface area contributed by atoms with Crippen LogP contribution in [-0.2, 0) is 5.41 Å². The van der Waals surface area contributed by atoms with Crippen molar-refractivity contribution >= 4 is 17.8 Å². The molecule has 0 spiro atoms. The van der Waals surface area contributed by atoms with Crippen LogP contribution in [0.3, 0.4) is 0 Å². The molecule has 0 aliphatic rings. The number of nitrogens with zero attached hydrogens (tertiary/aromatic N) is 2. The van der Waals surface area contributed by atoms with Crippen LogP contribution in [0.4, 0.5) is 0 Å². The molecule has 0 radical (unpaired) electrons. The van der Waals surface area contributed by atoms with Crippen molar-refractivity contribution in [3.63, 3.8) is 0 Å². The molecule has 1 heterocycles. The van der Waals surface area contributed by atoms with Gasteiger partial charge in [-0.25, -0.2) is 0 Å². The minimum absolute atomic E-state index is 0.196. The largest absolute Gasteiger partial charge is 0.508 e.